The molecule has 1 fully saturated rings. The summed E-state index contributed by atoms with van der Waals surface area (Å²) in [5.74, 6) is 7.17. The molecule has 0 radical (unpaired) electrons. The maximum atomic E-state index is 11.3. The number of rotatable bonds is 6. The Bertz CT molecular complexity index is 303. The van der Waals surface area contributed by atoms with Gasteiger partial charge < -0.3 is 0 Å². The second-order valence-corrected chi connectivity index (χ2v) is 7.35. The average Bonchev–Trinajstić information content (AvgIpc) is 2.56. The molecule has 1 rings (SSSR count). The van der Waals surface area contributed by atoms with Gasteiger partial charge in [-0.15, -0.1) is 0 Å². The van der Waals surface area contributed by atoms with Crippen molar-refractivity contribution < 1.29 is 8.42 Å². The average molecular weight is 248 g/mol. The lowest BCUT2D eigenvalue weighted by Gasteiger charge is -2.21. The van der Waals surface area contributed by atoms with Crippen LogP contribution < -0.4 is 11.3 Å². The normalized spacial score (nSPS) is 27.8. The van der Waals surface area contributed by atoms with Crippen LogP contribution >= 0.6 is 0 Å². The Balaban J connectivity index is 2.39. The number of hydrogen-bond donors (Lipinski definition) is 2. The van der Waals surface area contributed by atoms with Crippen LogP contribution in [0.2, 0.25) is 0 Å². The highest BCUT2D eigenvalue weighted by atomic mass is 32.2. The molecule has 1 aliphatic heterocycles. The number of nitrogens with two attached hydrogens (primary N) is 1. The van der Waals surface area contributed by atoms with Gasteiger partial charge in [-0.2, -0.15) is 0 Å². The van der Waals surface area contributed by atoms with Crippen molar-refractivity contribution in [3.8, 4) is 0 Å². The van der Waals surface area contributed by atoms with E-state index in [2.05, 4.69) is 19.3 Å². The summed E-state index contributed by atoms with van der Waals surface area (Å²) in [5.41, 5.74) is 2.83. The van der Waals surface area contributed by atoms with Crippen molar-refractivity contribution in [2.75, 3.05) is 11.5 Å². The van der Waals surface area contributed by atoms with Crippen molar-refractivity contribution in [3.05, 3.63) is 0 Å². The Kier molecular flexibility index (Phi) is 5.21. The minimum absolute atomic E-state index is 0.258. The topological polar surface area (TPSA) is 72.2 Å². The van der Waals surface area contributed by atoms with E-state index in [0.717, 1.165) is 25.7 Å². The van der Waals surface area contributed by atoms with Crippen LogP contribution in [0, 0.1) is 11.8 Å². The smallest absolute Gasteiger partial charge is 0.150 e. The van der Waals surface area contributed by atoms with Crippen LogP contribution in [-0.2, 0) is 9.84 Å². The van der Waals surface area contributed by atoms with Gasteiger partial charge >= 0.3 is 0 Å². The molecule has 0 bridgehead atoms. The lowest BCUT2D eigenvalue weighted by Crippen LogP contribution is -2.38. The summed E-state index contributed by atoms with van der Waals surface area (Å²) >= 11 is 0. The van der Waals surface area contributed by atoms with Gasteiger partial charge in [0.2, 0.25) is 0 Å². The summed E-state index contributed by atoms with van der Waals surface area (Å²) < 4.78 is 22.7. The predicted octanol–water partition coefficient (Wildman–Crippen LogP) is 1.08. The fraction of sp³-hybridized carbons (Fsp3) is 1.00. The molecule has 0 saturated carbocycles. The Morgan fingerprint density at radius 2 is 2.19 bits per heavy atom. The Morgan fingerprint density at radius 1 is 1.50 bits per heavy atom. The van der Waals surface area contributed by atoms with Crippen LogP contribution in [0.3, 0.4) is 0 Å². The molecular weight excluding hydrogens is 224 g/mol. The first kappa shape index (κ1) is 13.9. The number of hydrazine groups is 1. The monoisotopic (exact) mass is 248 g/mol. The minimum atomic E-state index is -2.75. The Morgan fingerprint density at radius 3 is 2.62 bits per heavy atom. The molecule has 16 heavy (non-hydrogen) atoms. The summed E-state index contributed by atoms with van der Waals surface area (Å²) in [6.07, 6.45) is 3.87. The van der Waals surface area contributed by atoms with Gasteiger partial charge in [0.15, 0.2) is 9.84 Å². The van der Waals surface area contributed by atoms with Crippen LogP contribution in [0.4, 0.5) is 0 Å². The SMILES string of the molecule is CCC(C)CC(CC1CCS(=O)(=O)C1)NN. The van der Waals surface area contributed by atoms with Gasteiger partial charge in [0, 0.05) is 6.04 Å². The van der Waals surface area contributed by atoms with Crippen molar-refractivity contribution in [1.82, 2.24) is 5.43 Å². The van der Waals surface area contributed by atoms with E-state index in [0.29, 0.717) is 23.3 Å². The highest BCUT2D eigenvalue weighted by Crippen LogP contribution is 2.25. The van der Waals surface area contributed by atoms with Crippen molar-refractivity contribution >= 4 is 9.84 Å². The maximum absolute atomic E-state index is 11.3. The van der Waals surface area contributed by atoms with E-state index in [1.54, 1.807) is 0 Å². The van der Waals surface area contributed by atoms with Gasteiger partial charge in [0.1, 0.15) is 0 Å². The molecule has 0 aromatic rings. The first-order valence-corrected chi connectivity index (χ1v) is 7.95. The summed E-state index contributed by atoms with van der Waals surface area (Å²) in [5, 5.41) is 0. The highest BCUT2D eigenvalue weighted by molar-refractivity contribution is 7.91. The lowest BCUT2D eigenvalue weighted by molar-refractivity contribution is 0.341. The molecule has 3 atom stereocenters. The van der Waals surface area contributed by atoms with Crippen LogP contribution in [0.25, 0.3) is 0 Å². The van der Waals surface area contributed by atoms with Crippen molar-refractivity contribution in [2.45, 2.75) is 45.6 Å². The minimum Gasteiger partial charge on any atom is -0.271 e. The molecule has 4 nitrogen and oxygen atoms in total. The lowest BCUT2D eigenvalue weighted by atomic mass is 9.92. The fourth-order valence-electron chi connectivity index (χ4n) is 2.34. The molecule has 3 N–H and O–H groups in total. The quantitative estimate of drug-likeness (QED) is 0.545. The van der Waals surface area contributed by atoms with E-state index < -0.39 is 9.84 Å². The number of nitrogens with one attached hydrogen (secondary N) is 1. The molecule has 0 spiro atoms. The van der Waals surface area contributed by atoms with E-state index in [1.165, 1.54) is 0 Å². The summed E-state index contributed by atoms with van der Waals surface area (Å²) in [4.78, 5) is 0. The van der Waals surface area contributed by atoms with E-state index in [4.69, 9.17) is 5.84 Å². The summed E-state index contributed by atoms with van der Waals surface area (Å²) in [6, 6.07) is 0.258. The first-order valence-electron chi connectivity index (χ1n) is 6.13. The van der Waals surface area contributed by atoms with Gasteiger partial charge in [-0.25, -0.2) is 8.42 Å². The van der Waals surface area contributed by atoms with Gasteiger partial charge in [-0.05, 0) is 31.1 Å². The third-order valence-electron chi connectivity index (χ3n) is 3.56. The standard InChI is InChI=1S/C11H24N2O2S/c1-3-9(2)6-11(13-12)7-10-4-5-16(14,15)8-10/h9-11,13H,3-8,12H2,1-2H3. The number of sulfone groups is 1. The first-order chi connectivity index (χ1) is 7.46. The third kappa shape index (κ3) is 4.39. The van der Waals surface area contributed by atoms with Gasteiger partial charge in [-0.3, -0.25) is 11.3 Å². The maximum Gasteiger partial charge on any atom is 0.150 e. The zero-order valence-electron chi connectivity index (χ0n) is 10.3. The second kappa shape index (κ2) is 5.98. The molecule has 5 heteroatoms. The Labute approximate surface area is 98.9 Å². The molecule has 3 unspecified atom stereocenters. The zero-order valence-corrected chi connectivity index (χ0v) is 11.1. The van der Waals surface area contributed by atoms with E-state index in [-0.39, 0.29) is 6.04 Å². The van der Waals surface area contributed by atoms with Crippen molar-refractivity contribution in [1.29, 1.82) is 0 Å². The molecule has 1 saturated heterocycles. The van der Waals surface area contributed by atoms with Crippen LogP contribution in [0.15, 0.2) is 0 Å². The van der Waals surface area contributed by atoms with Gasteiger partial charge in [0.25, 0.3) is 0 Å². The fourth-order valence-corrected chi connectivity index (χ4v) is 4.23. The summed E-state index contributed by atoms with van der Waals surface area (Å²) in [7, 11) is -2.75. The zero-order chi connectivity index (χ0) is 12.2. The molecule has 1 aliphatic rings. The van der Waals surface area contributed by atoms with Crippen LogP contribution in [0.1, 0.15) is 39.5 Å². The number of hydrogen-bond acceptors (Lipinski definition) is 4. The van der Waals surface area contributed by atoms with Crippen LogP contribution in [0.5, 0.6) is 0 Å². The molecule has 0 aromatic heterocycles. The Hall–Kier alpha value is -0.130. The van der Waals surface area contributed by atoms with Gasteiger partial charge in [-0.1, -0.05) is 20.3 Å². The van der Waals surface area contributed by atoms with Crippen molar-refractivity contribution in [3.63, 3.8) is 0 Å². The van der Waals surface area contributed by atoms with Crippen LogP contribution in [-0.4, -0.2) is 26.0 Å². The van der Waals surface area contributed by atoms with E-state index >= 15 is 0 Å². The summed E-state index contributed by atoms with van der Waals surface area (Å²) in [6.45, 7) is 4.37. The molecule has 96 valence electrons. The van der Waals surface area contributed by atoms with Crippen molar-refractivity contribution in [2.24, 2.45) is 17.7 Å². The molecule has 1 heterocycles. The predicted molar refractivity (Wildman–Crippen MR) is 66.6 cm³/mol. The van der Waals surface area contributed by atoms with Gasteiger partial charge in [0.05, 0.1) is 11.5 Å². The third-order valence-corrected chi connectivity index (χ3v) is 5.40. The molecule has 0 aliphatic carbocycles. The molecule has 0 aromatic carbocycles. The van der Waals surface area contributed by atoms with E-state index in [1.807, 2.05) is 0 Å². The molecule has 0 amide bonds. The molecular formula is C11H24N2O2S. The van der Waals surface area contributed by atoms with E-state index in [9.17, 15) is 8.42 Å². The largest absolute Gasteiger partial charge is 0.271 e. The highest BCUT2D eigenvalue weighted by Gasteiger charge is 2.29. The second-order valence-electron chi connectivity index (χ2n) is 5.12.